The maximum Gasteiger partial charge on any atom is 0.373 e. The highest BCUT2D eigenvalue weighted by molar-refractivity contribution is 6.09. The first-order chi connectivity index (χ1) is 12.1. The fraction of sp³-hybridized carbons (Fsp3) is 0.429. The summed E-state index contributed by atoms with van der Waals surface area (Å²) in [4.78, 5) is 40.8. The number of nitriles is 1. The Labute approximate surface area is 152 Å². The van der Waals surface area contributed by atoms with E-state index in [0.717, 1.165) is 12.0 Å². The highest BCUT2D eigenvalue weighted by atomic mass is 16.2. The third-order valence-corrected chi connectivity index (χ3v) is 6.01. The zero-order valence-corrected chi connectivity index (χ0v) is 15.0. The van der Waals surface area contributed by atoms with Gasteiger partial charge in [0.1, 0.15) is 6.07 Å². The molecule has 0 aliphatic heterocycles. The molecule has 0 aromatic heterocycles. The summed E-state index contributed by atoms with van der Waals surface area (Å²) in [6.45, 7) is 5.98. The lowest BCUT2D eigenvalue weighted by Crippen LogP contribution is -2.52. The minimum atomic E-state index is -0.703. The molecule has 5 nitrogen and oxygen atoms in total. The van der Waals surface area contributed by atoms with Gasteiger partial charge in [0.25, 0.3) is 0 Å². The molecule has 0 aromatic rings. The van der Waals surface area contributed by atoms with Crippen molar-refractivity contribution < 1.29 is 19.2 Å². The second-order valence-corrected chi connectivity index (χ2v) is 7.58. The molecule has 0 N–H and O–H groups in total. The van der Waals surface area contributed by atoms with E-state index in [1.807, 2.05) is 26.0 Å². The van der Waals surface area contributed by atoms with Crippen LogP contribution in [-0.4, -0.2) is 17.7 Å². The first kappa shape index (κ1) is 19.3. The maximum absolute atomic E-state index is 12.3. The van der Waals surface area contributed by atoms with Gasteiger partial charge in [-0.25, -0.2) is 0 Å². The van der Waals surface area contributed by atoms with Crippen LogP contribution in [0.2, 0.25) is 0 Å². The lowest BCUT2D eigenvalue weighted by Gasteiger charge is -2.56. The van der Waals surface area contributed by atoms with Gasteiger partial charge in [-0.2, -0.15) is 14.9 Å². The molecule has 26 heavy (non-hydrogen) atoms. The second kappa shape index (κ2) is 6.37. The Balaban J connectivity index is 0.000000758. The zero-order chi connectivity index (χ0) is 19.8. The summed E-state index contributed by atoms with van der Waals surface area (Å²) >= 11 is 0. The predicted molar refractivity (Wildman–Crippen MR) is 91.8 cm³/mol. The van der Waals surface area contributed by atoms with Crippen LogP contribution in [0.1, 0.15) is 33.6 Å². The fourth-order valence-corrected chi connectivity index (χ4v) is 4.67. The number of hydrogen-bond acceptors (Lipinski definition) is 5. The average Bonchev–Trinajstić information content (AvgIpc) is 2.59. The first-order valence-electron chi connectivity index (χ1n) is 8.23. The lowest BCUT2D eigenvalue weighted by atomic mass is 9.46. The number of rotatable bonds is 0. The molecular formula is C21H19NO4. The van der Waals surface area contributed by atoms with Crippen LogP contribution in [0.3, 0.4) is 0 Å². The Morgan fingerprint density at radius 2 is 1.85 bits per heavy atom. The van der Waals surface area contributed by atoms with Crippen LogP contribution >= 0.6 is 0 Å². The van der Waals surface area contributed by atoms with Gasteiger partial charge in [0.05, 0.1) is 11.0 Å². The third-order valence-electron chi connectivity index (χ3n) is 6.01. The number of fused-ring (bicyclic) bond motifs is 3. The van der Waals surface area contributed by atoms with Gasteiger partial charge in [-0.3, -0.25) is 9.59 Å². The molecule has 0 heterocycles. The SMILES string of the molecule is C#C[C@]12C=C(C#N)C(=O)C=C1[C@@]1(C)C=CC(=O)C(C)(C)[C@@H]1CC2.O=C=O. The molecule has 0 radical (unpaired) electrons. The van der Waals surface area contributed by atoms with Crippen molar-refractivity contribution in [1.29, 1.82) is 5.26 Å². The highest BCUT2D eigenvalue weighted by Gasteiger charge is 2.57. The van der Waals surface area contributed by atoms with E-state index in [2.05, 4.69) is 12.8 Å². The standard InChI is InChI=1S/C20H19NO2.CO2/c1-5-20-9-6-15-18(2,3)17(23)7-8-19(15,4)16(20)10-14(22)13(11-20)12-21;2-1-3/h1,7-8,10-11,15H,6,9H2,2-4H3;/t15-,19-,20-;/m0./s1. The number of hydrogen-bond donors (Lipinski definition) is 0. The van der Waals surface area contributed by atoms with Gasteiger partial charge in [-0.15, -0.1) is 6.42 Å². The minimum absolute atomic E-state index is 0.0880. The van der Waals surface area contributed by atoms with Crippen LogP contribution in [0.15, 0.2) is 35.5 Å². The molecule has 0 bridgehead atoms. The molecule has 5 heteroatoms. The Hall–Kier alpha value is -3.01. The van der Waals surface area contributed by atoms with Crippen LogP contribution < -0.4 is 0 Å². The van der Waals surface area contributed by atoms with Crippen LogP contribution in [-0.2, 0) is 19.2 Å². The van der Waals surface area contributed by atoms with Crippen molar-refractivity contribution in [3.63, 3.8) is 0 Å². The molecule has 3 atom stereocenters. The van der Waals surface area contributed by atoms with Crippen molar-refractivity contribution in [1.82, 2.24) is 0 Å². The number of carbonyl (C=O) groups excluding carboxylic acids is 4. The van der Waals surface area contributed by atoms with Gasteiger partial charge in [0.2, 0.25) is 0 Å². The Bertz CT molecular complexity index is 884. The fourth-order valence-electron chi connectivity index (χ4n) is 4.67. The summed E-state index contributed by atoms with van der Waals surface area (Å²) in [6, 6.07) is 1.95. The molecule has 0 amide bonds. The average molecular weight is 349 g/mol. The maximum atomic E-state index is 12.3. The van der Waals surface area contributed by atoms with Crippen LogP contribution in [0.25, 0.3) is 0 Å². The molecule has 132 valence electrons. The quantitative estimate of drug-likeness (QED) is 0.627. The molecule has 3 rings (SSSR count). The summed E-state index contributed by atoms with van der Waals surface area (Å²) in [5.41, 5.74) is -0.679. The molecule has 3 aliphatic rings. The van der Waals surface area contributed by atoms with Crippen molar-refractivity contribution in [2.45, 2.75) is 33.6 Å². The number of carbonyl (C=O) groups is 2. The van der Waals surface area contributed by atoms with Crippen LogP contribution in [0.5, 0.6) is 0 Å². The van der Waals surface area contributed by atoms with Crippen molar-refractivity contribution in [3.05, 3.63) is 35.5 Å². The van der Waals surface area contributed by atoms with E-state index in [0.29, 0.717) is 6.42 Å². The van der Waals surface area contributed by atoms with Gasteiger partial charge in [0, 0.05) is 10.8 Å². The number of terminal acetylenes is 1. The van der Waals surface area contributed by atoms with E-state index in [9.17, 15) is 14.9 Å². The smallest absolute Gasteiger partial charge is 0.294 e. The van der Waals surface area contributed by atoms with Crippen molar-refractivity contribution >= 4 is 17.7 Å². The van der Waals surface area contributed by atoms with Crippen molar-refractivity contribution in [3.8, 4) is 18.4 Å². The largest absolute Gasteiger partial charge is 0.373 e. The summed E-state index contributed by atoms with van der Waals surface area (Å²) in [7, 11) is 0. The molecule has 0 aromatic carbocycles. The number of ketones is 2. The molecule has 1 saturated carbocycles. The number of nitrogens with zero attached hydrogens (tertiary/aromatic N) is 1. The summed E-state index contributed by atoms with van der Waals surface area (Å²) in [6.07, 6.45) is 14.2. The van der Waals surface area contributed by atoms with E-state index in [1.165, 1.54) is 0 Å². The van der Waals surface area contributed by atoms with Gasteiger partial charge in [-0.1, -0.05) is 32.8 Å². The zero-order valence-electron chi connectivity index (χ0n) is 15.0. The molecule has 0 spiro atoms. The summed E-state index contributed by atoms with van der Waals surface area (Å²) < 4.78 is 0. The molecule has 0 saturated heterocycles. The minimum Gasteiger partial charge on any atom is -0.294 e. The highest BCUT2D eigenvalue weighted by Crippen LogP contribution is 2.62. The molecular weight excluding hydrogens is 330 g/mol. The van der Waals surface area contributed by atoms with Crippen molar-refractivity contribution in [2.24, 2.45) is 22.2 Å². The van der Waals surface area contributed by atoms with Gasteiger partial charge < -0.3 is 0 Å². The van der Waals surface area contributed by atoms with E-state index < -0.39 is 16.2 Å². The van der Waals surface area contributed by atoms with Gasteiger partial charge >= 0.3 is 6.15 Å². The summed E-state index contributed by atoms with van der Waals surface area (Å²) in [5.74, 6) is 2.74. The molecule has 3 aliphatic carbocycles. The van der Waals surface area contributed by atoms with E-state index in [1.54, 1.807) is 18.2 Å². The van der Waals surface area contributed by atoms with Gasteiger partial charge in [-0.05, 0) is 42.6 Å². The first-order valence-corrected chi connectivity index (χ1v) is 8.23. The predicted octanol–water partition coefficient (Wildman–Crippen LogP) is 2.56. The topological polar surface area (TPSA) is 92.1 Å². The van der Waals surface area contributed by atoms with E-state index in [-0.39, 0.29) is 29.2 Å². The molecule has 1 fully saturated rings. The van der Waals surface area contributed by atoms with Crippen LogP contribution in [0, 0.1) is 45.8 Å². The number of allylic oxidation sites excluding steroid dienone is 6. The Morgan fingerprint density at radius 3 is 2.38 bits per heavy atom. The van der Waals surface area contributed by atoms with E-state index in [4.69, 9.17) is 16.0 Å². The third kappa shape index (κ3) is 2.58. The van der Waals surface area contributed by atoms with Crippen molar-refractivity contribution in [2.75, 3.05) is 0 Å². The van der Waals surface area contributed by atoms with Gasteiger partial charge in [0.15, 0.2) is 11.6 Å². The summed E-state index contributed by atoms with van der Waals surface area (Å²) in [5, 5.41) is 9.18. The molecule has 0 unspecified atom stereocenters. The second-order valence-electron chi connectivity index (χ2n) is 7.58. The van der Waals surface area contributed by atoms with E-state index >= 15 is 0 Å². The normalized spacial score (nSPS) is 33.7. The lowest BCUT2D eigenvalue weighted by molar-refractivity contribution is -0.191. The monoisotopic (exact) mass is 349 g/mol. The Morgan fingerprint density at radius 1 is 1.23 bits per heavy atom. The Kier molecular flexibility index (Phi) is 4.73. The van der Waals surface area contributed by atoms with Crippen LogP contribution in [0.4, 0.5) is 0 Å².